The SMILES string of the molecule is CC(Nc1c([N+](=O)[O-])cnc2ccccc12)c1cn[nH]c1. The van der Waals surface area contributed by atoms with E-state index in [4.69, 9.17) is 0 Å². The number of benzene rings is 1. The summed E-state index contributed by atoms with van der Waals surface area (Å²) >= 11 is 0. The van der Waals surface area contributed by atoms with Crippen LogP contribution in [0.25, 0.3) is 10.9 Å². The third kappa shape index (κ3) is 2.40. The molecule has 0 saturated heterocycles. The monoisotopic (exact) mass is 283 g/mol. The number of nitrogens with one attached hydrogen (secondary N) is 2. The van der Waals surface area contributed by atoms with Crippen LogP contribution in [-0.4, -0.2) is 20.1 Å². The van der Waals surface area contributed by atoms with Crippen molar-refractivity contribution in [1.29, 1.82) is 0 Å². The van der Waals surface area contributed by atoms with E-state index in [2.05, 4.69) is 20.5 Å². The third-order valence-corrected chi connectivity index (χ3v) is 3.33. The Labute approximate surface area is 120 Å². The van der Waals surface area contributed by atoms with Gasteiger partial charge in [0.1, 0.15) is 11.9 Å². The number of aromatic nitrogens is 3. The van der Waals surface area contributed by atoms with Crippen LogP contribution in [0, 0.1) is 10.1 Å². The molecule has 0 amide bonds. The van der Waals surface area contributed by atoms with Crippen LogP contribution < -0.4 is 5.32 Å². The molecule has 1 aromatic carbocycles. The van der Waals surface area contributed by atoms with Gasteiger partial charge in [-0.25, -0.2) is 4.98 Å². The topological polar surface area (TPSA) is 96.7 Å². The minimum Gasteiger partial charge on any atom is -0.372 e. The van der Waals surface area contributed by atoms with E-state index in [9.17, 15) is 10.1 Å². The molecule has 1 unspecified atom stereocenters. The van der Waals surface area contributed by atoms with Crippen molar-refractivity contribution in [2.75, 3.05) is 5.32 Å². The van der Waals surface area contributed by atoms with Crippen molar-refractivity contribution in [2.45, 2.75) is 13.0 Å². The number of anilines is 1. The lowest BCUT2D eigenvalue weighted by atomic mass is 10.1. The predicted molar refractivity (Wildman–Crippen MR) is 79.0 cm³/mol. The van der Waals surface area contributed by atoms with Crippen molar-refractivity contribution < 1.29 is 4.92 Å². The van der Waals surface area contributed by atoms with Gasteiger partial charge in [-0.2, -0.15) is 5.10 Å². The van der Waals surface area contributed by atoms with E-state index in [0.29, 0.717) is 11.2 Å². The molecule has 0 fully saturated rings. The summed E-state index contributed by atoms with van der Waals surface area (Å²) in [7, 11) is 0. The molecule has 7 heteroatoms. The van der Waals surface area contributed by atoms with Gasteiger partial charge in [-0.1, -0.05) is 18.2 Å². The lowest BCUT2D eigenvalue weighted by Gasteiger charge is -2.15. The second kappa shape index (κ2) is 5.20. The Morgan fingerprint density at radius 3 is 2.86 bits per heavy atom. The van der Waals surface area contributed by atoms with Crippen LogP contribution in [0.2, 0.25) is 0 Å². The maximum absolute atomic E-state index is 11.2. The fraction of sp³-hybridized carbons (Fsp3) is 0.143. The molecule has 0 aliphatic heterocycles. The van der Waals surface area contributed by atoms with Crippen LogP contribution in [0.1, 0.15) is 18.5 Å². The third-order valence-electron chi connectivity index (χ3n) is 3.33. The summed E-state index contributed by atoms with van der Waals surface area (Å²) in [5.41, 5.74) is 2.07. The number of H-pyrrole nitrogens is 1. The Morgan fingerprint density at radius 2 is 2.14 bits per heavy atom. The molecule has 2 heterocycles. The molecule has 3 rings (SSSR count). The van der Waals surface area contributed by atoms with Crippen LogP contribution in [0.4, 0.5) is 11.4 Å². The Balaban J connectivity index is 2.10. The molecule has 2 N–H and O–H groups in total. The molecule has 0 saturated carbocycles. The molecule has 0 aliphatic carbocycles. The lowest BCUT2D eigenvalue weighted by Crippen LogP contribution is -2.08. The fourth-order valence-electron chi connectivity index (χ4n) is 2.22. The molecule has 0 spiro atoms. The lowest BCUT2D eigenvalue weighted by molar-refractivity contribution is -0.384. The van der Waals surface area contributed by atoms with Gasteiger partial charge in [0.25, 0.3) is 0 Å². The largest absolute Gasteiger partial charge is 0.372 e. The number of para-hydroxylation sites is 1. The van der Waals surface area contributed by atoms with Gasteiger partial charge < -0.3 is 5.32 Å². The van der Waals surface area contributed by atoms with Crippen LogP contribution in [-0.2, 0) is 0 Å². The molecular formula is C14H13N5O2. The highest BCUT2D eigenvalue weighted by Gasteiger charge is 2.20. The molecule has 0 radical (unpaired) electrons. The minimum atomic E-state index is -0.427. The molecular weight excluding hydrogens is 270 g/mol. The Hall–Kier alpha value is -2.96. The first-order valence-electron chi connectivity index (χ1n) is 6.44. The average Bonchev–Trinajstić information content (AvgIpc) is 3.01. The number of hydrogen-bond donors (Lipinski definition) is 2. The molecule has 0 aliphatic rings. The van der Waals surface area contributed by atoms with E-state index in [1.807, 2.05) is 31.2 Å². The molecule has 3 aromatic rings. The van der Waals surface area contributed by atoms with E-state index in [1.54, 1.807) is 12.4 Å². The van der Waals surface area contributed by atoms with Gasteiger partial charge in [0.05, 0.1) is 22.7 Å². The first-order valence-corrected chi connectivity index (χ1v) is 6.44. The maximum Gasteiger partial charge on any atom is 0.311 e. The number of fused-ring (bicyclic) bond motifs is 1. The van der Waals surface area contributed by atoms with Crippen LogP contribution >= 0.6 is 0 Å². The second-order valence-corrected chi connectivity index (χ2v) is 4.69. The highest BCUT2D eigenvalue weighted by Crippen LogP contribution is 2.33. The highest BCUT2D eigenvalue weighted by atomic mass is 16.6. The van der Waals surface area contributed by atoms with Crippen LogP contribution in [0.3, 0.4) is 0 Å². The van der Waals surface area contributed by atoms with Gasteiger partial charge in [0, 0.05) is 17.1 Å². The first-order chi connectivity index (χ1) is 10.2. The summed E-state index contributed by atoms with van der Waals surface area (Å²) in [6.45, 7) is 1.92. The summed E-state index contributed by atoms with van der Waals surface area (Å²) in [5, 5.41) is 21.8. The van der Waals surface area contributed by atoms with Crippen molar-refractivity contribution in [3.8, 4) is 0 Å². The summed E-state index contributed by atoms with van der Waals surface area (Å²) in [6.07, 6.45) is 4.73. The van der Waals surface area contributed by atoms with Gasteiger partial charge in [-0.05, 0) is 13.0 Å². The first kappa shape index (κ1) is 13.0. The number of nitrogens with zero attached hydrogens (tertiary/aromatic N) is 3. The summed E-state index contributed by atoms with van der Waals surface area (Å²) in [6, 6.07) is 7.21. The van der Waals surface area contributed by atoms with Crippen molar-refractivity contribution in [3.63, 3.8) is 0 Å². The molecule has 0 bridgehead atoms. The number of nitro groups is 1. The van der Waals surface area contributed by atoms with Crippen molar-refractivity contribution >= 4 is 22.3 Å². The van der Waals surface area contributed by atoms with Gasteiger partial charge in [-0.3, -0.25) is 15.2 Å². The Morgan fingerprint density at radius 1 is 1.33 bits per heavy atom. The molecule has 21 heavy (non-hydrogen) atoms. The zero-order chi connectivity index (χ0) is 14.8. The molecule has 2 aromatic heterocycles. The van der Waals surface area contributed by atoms with Crippen LogP contribution in [0.15, 0.2) is 42.9 Å². The smallest absolute Gasteiger partial charge is 0.311 e. The Kier molecular flexibility index (Phi) is 3.23. The quantitative estimate of drug-likeness (QED) is 0.566. The number of aromatic amines is 1. The van der Waals surface area contributed by atoms with Crippen molar-refractivity contribution in [3.05, 3.63) is 58.5 Å². The van der Waals surface area contributed by atoms with Crippen LogP contribution in [0.5, 0.6) is 0 Å². The van der Waals surface area contributed by atoms with E-state index in [0.717, 1.165) is 10.9 Å². The van der Waals surface area contributed by atoms with E-state index in [-0.39, 0.29) is 11.7 Å². The summed E-state index contributed by atoms with van der Waals surface area (Å²) in [5.74, 6) is 0. The number of pyridine rings is 1. The van der Waals surface area contributed by atoms with Gasteiger partial charge in [0.15, 0.2) is 0 Å². The van der Waals surface area contributed by atoms with E-state index >= 15 is 0 Å². The fourth-order valence-corrected chi connectivity index (χ4v) is 2.22. The molecule has 106 valence electrons. The van der Waals surface area contributed by atoms with Gasteiger partial charge in [0.2, 0.25) is 0 Å². The Bertz CT molecular complexity index is 785. The molecule has 1 atom stereocenters. The maximum atomic E-state index is 11.2. The predicted octanol–water partition coefficient (Wildman–Crippen LogP) is 3.04. The normalized spacial score (nSPS) is 12.2. The van der Waals surface area contributed by atoms with E-state index in [1.165, 1.54) is 6.20 Å². The standard InChI is InChI=1S/C14H13N5O2/c1-9(10-6-16-17-7-10)18-14-11-4-2-3-5-12(11)15-8-13(14)19(20)21/h2-9H,1H3,(H,15,18)(H,16,17). The molecule has 7 nitrogen and oxygen atoms in total. The number of rotatable bonds is 4. The summed E-state index contributed by atoms with van der Waals surface area (Å²) in [4.78, 5) is 14.9. The highest BCUT2D eigenvalue weighted by molar-refractivity contribution is 5.95. The van der Waals surface area contributed by atoms with Gasteiger partial charge in [-0.15, -0.1) is 0 Å². The zero-order valence-corrected chi connectivity index (χ0v) is 11.3. The second-order valence-electron chi connectivity index (χ2n) is 4.69. The van der Waals surface area contributed by atoms with Crippen molar-refractivity contribution in [2.24, 2.45) is 0 Å². The summed E-state index contributed by atoms with van der Waals surface area (Å²) < 4.78 is 0. The average molecular weight is 283 g/mol. The van der Waals surface area contributed by atoms with Crippen molar-refractivity contribution in [1.82, 2.24) is 15.2 Å². The van der Waals surface area contributed by atoms with E-state index < -0.39 is 4.92 Å². The minimum absolute atomic E-state index is 0.0379. The zero-order valence-electron chi connectivity index (χ0n) is 11.3. The number of hydrogen-bond acceptors (Lipinski definition) is 5. The van der Waals surface area contributed by atoms with Gasteiger partial charge >= 0.3 is 5.69 Å².